The molecule has 0 atom stereocenters. The van der Waals surface area contributed by atoms with Gasteiger partial charge in [0.15, 0.2) is 5.69 Å². The normalized spacial score (nSPS) is 10.4. The second-order valence-electron chi connectivity index (χ2n) is 5.40. The van der Waals surface area contributed by atoms with Crippen molar-refractivity contribution in [2.24, 2.45) is 0 Å². The predicted molar refractivity (Wildman–Crippen MR) is 97.1 cm³/mol. The molecule has 1 N–H and O–H groups in total. The van der Waals surface area contributed by atoms with Crippen molar-refractivity contribution in [2.45, 2.75) is 6.54 Å². The highest BCUT2D eigenvalue weighted by Gasteiger charge is 2.13. The zero-order valence-corrected chi connectivity index (χ0v) is 15.0. The summed E-state index contributed by atoms with van der Waals surface area (Å²) in [5.74, 6) is 0.960. The summed E-state index contributed by atoms with van der Waals surface area (Å²) in [5.41, 5.74) is 1.69. The molecule has 3 aromatic rings. The van der Waals surface area contributed by atoms with Gasteiger partial charge >= 0.3 is 0 Å². The van der Waals surface area contributed by atoms with Gasteiger partial charge in [0.2, 0.25) is 0 Å². The van der Waals surface area contributed by atoms with E-state index in [0.717, 1.165) is 5.56 Å². The summed E-state index contributed by atoms with van der Waals surface area (Å²) in [5, 5.41) is 11.2. The number of ether oxygens (including phenoxy) is 2. The highest BCUT2D eigenvalue weighted by molar-refractivity contribution is 6.32. The van der Waals surface area contributed by atoms with Crippen LogP contribution in [0.25, 0.3) is 5.69 Å². The molecule has 0 aliphatic heterocycles. The molecule has 0 bridgehead atoms. The lowest BCUT2D eigenvalue weighted by Crippen LogP contribution is -2.23. The van der Waals surface area contributed by atoms with Crippen molar-refractivity contribution in [3.8, 4) is 17.2 Å². The summed E-state index contributed by atoms with van der Waals surface area (Å²) in [4.78, 5) is 12.3. The predicted octanol–water partition coefficient (Wildman–Crippen LogP) is 2.87. The highest BCUT2D eigenvalue weighted by Crippen LogP contribution is 2.22. The lowest BCUT2D eigenvalue weighted by atomic mass is 10.2. The summed E-state index contributed by atoms with van der Waals surface area (Å²) < 4.78 is 11.9. The number of para-hydroxylation sites is 1. The lowest BCUT2D eigenvalue weighted by molar-refractivity contribution is 0.0945. The van der Waals surface area contributed by atoms with Gasteiger partial charge in [-0.05, 0) is 29.8 Å². The number of carbonyl (C=O) groups is 1. The zero-order valence-electron chi connectivity index (χ0n) is 14.3. The van der Waals surface area contributed by atoms with Crippen LogP contribution < -0.4 is 14.8 Å². The van der Waals surface area contributed by atoms with Gasteiger partial charge in [-0.1, -0.05) is 28.9 Å². The van der Waals surface area contributed by atoms with Gasteiger partial charge in [0.05, 0.1) is 31.1 Å². The van der Waals surface area contributed by atoms with E-state index in [1.807, 2.05) is 24.3 Å². The molecule has 8 heteroatoms. The second kappa shape index (κ2) is 7.88. The molecule has 3 rings (SSSR count). The molecule has 0 fully saturated rings. The van der Waals surface area contributed by atoms with Crippen LogP contribution in [0.15, 0.2) is 48.7 Å². The molecule has 0 aliphatic rings. The minimum Gasteiger partial charge on any atom is -0.497 e. The van der Waals surface area contributed by atoms with Crippen molar-refractivity contribution >= 4 is 17.5 Å². The Labute approximate surface area is 155 Å². The maximum atomic E-state index is 12.3. The number of rotatable bonds is 6. The Morgan fingerprint density at radius 1 is 1.15 bits per heavy atom. The van der Waals surface area contributed by atoms with Gasteiger partial charge in [0.1, 0.15) is 11.5 Å². The van der Waals surface area contributed by atoms with Gasteiger partial charge in [-0.25, -0.2) is 4.68 Å². The van der Waals surface area contributed by atoms with Gasteiger partial charge in [-0.15, -0.1) is 5.10 Å². The van der Waals surface area contributed by atoms with E-state index in [1.54, 1.807) is 32.4 Å². The molecule has 0 unspecified atom stereocenters. The standard InChI is InChI=1S/C18H17ClN4O3/c1-25-13-7-12(8-14(9-13)26-2)10-20-18(24)16-11-23(22-21-16)17-6-4-3-5-15(17)19/h3-9,11H,10H2,1-2H3,(H,20,24). The van der Waals surface area contributed by atoms with E-state index in [2.05, 4.69) is 15.6 Å². The van der Waals surface area contributed by atoms with Crippen molar-refractivity contribution in [2.75, 3.05) is 14.2 Å². The number of amides is 1. The number of carbonyl (C=O) groups excluding carboxylic acids is 1. The van der Waals surface area contributed by atoms with Gasteiger partial charge in [0.25, 0.3) is 5.91 Å². The van der Waals surface area contributed by atoms with E-state index in [0.29, 0.717) is 28.8 Å². The van der Waals surface area contributed by atoms with E-state index in [4.69, 9.17) is 21.1 Å². The van der Waals surface area contributed by atoms with Crippen LogP contribution in [0, 0.1) is 0 Å². The third kappa shape index (κ3) is 3.94. The van der Waals surface area contributed by atoms with Crippen molar-refractivity contribution in [3.63, 3.8) is 0 Å². The third-order valence-corrected chi connectivity index (χ3v) is 4.01. The summed E-state index contributed by atoms with van der Waals surface area (Å²) in [6.45, 7) is 0.297. The molecule has 26 heavy (non-hydrogen) atoms. The van der Waals surface area contributed by atoms with Crippen molar-refractivity contribution in [3.05, 3.63) is 64.9 Å². The number of nitrogens with zero attached hydrogens (tertiary/aromatic N) is 3. The van der Waals surface area contributed by atoms with E-state index < -0.39 is 0 Å². The fraction of sp³-hybridized carbons (Fsp3) is 0.167. The number of hydrogen-bond donors (Lipinski definition) is 1. The molecule has 0 spiro atoms. The van der Waals surface area contributed by atoms with Crippen LogP contribution in [0.1, 0.15) is 16.1 Å². The molecule has 0 saturated heterocycles. The molecule has 0 radical (unpaired) electrons. The van der Waals surface area contributed by atoms with Crippen LogP contribution in [0.3, 0.4) is 0 Å². The molecule has 1 heterocycles. The smallest absolute Gasteiger partial charge is 0.273 e. The first-order chi connectivity index (χ1) is 12.6. The number of nitrogens with one attached hydrogen (secondary N) is 1. The summed E-state index contributed by atoms with van der Waals surface area (Å²) in [6.07, 6.45) is 1.53. The van der Waals surface area contributed by atoms with E-state index in [1.165, 1.54) is 10.9 Å². The first-order valence-corrected chi connectivity index (χ1v) is 8.16. The SMILES string of the molecule is COc1cc(CNC(=O)c2cn(-c3ccccc3Cl)nn2)cc(OC)c1. The number of aromatic nitrogens is 3. The highest BCUT2D eigenvalue weighted by atomic mass is 35.5. The van der Waals surface area contributed by atoms with E-state index >= 15 is 0 Å². The first kappa shape index (κ1) is 17.8. The minimum absolute atomic E-state index is 0.194. The Hall–Kier alpha value is -3.06. The fourth-order valence-corrected chi connectivity index (χ4v) is 2.59. The number of benzene rings is 2. The summed E-state index contributed by atoms with van der Waals surface area (Å²) in [7, 11) is 3.15. The Morgan fingerprint density at radius 3 is 2.50 bits per heavy atom. The second-order valence-corrected chi connectivity index (χ2v) is 5.81. The van der Waals surface area contributed by atoms with Gasteiger partial charge in [-0.3, -0.25) is 4.79 Å². The van der Waals surface area contributed by atoms with Crippen LogP contribution in [0.5, 0.6) is 11.5 Å². The van der Waals surface area contributed by atoms with Gasteiger partial charge in [-0.2, -0.15) is 0 Å². The minimum atomic E-state index is -0.343. The van der Waals surface area contributed by atoms with Crippen LogP contribution in [0.2, 0.25) is 5.02 Å². The van der Waals surface area contributed by atoms with Gasteiger partial charge < -0.3 is 14.8 Å². The quantitative estimate of drug-likeness (QED) is 0.719. The maximum Gasteiger partial charge on any atom is 0.273 e. The maximum absolute atomic E-state index is 12.3. The molecule has 0 saturated carbocycles. The Morgan fingerprint density at radius 2 is 1.85 bits per heavy atom. The number of methoxy groups -OCH3 is 2. The van der Waals surface area contributed by atoms with Crippen LogP contribution in [-0.2, 0) is 6.54 Å². The average molecular weight is 373 g/mol. The largest absolute Gasteiger partial charge is 0.497 e. The third-order valence-electron chi connectivity index (χ3n) is 3.69. The monoisotopic (exact) mass is 372 g/mol. The first-order valence-electron chi connectivity index (χ1n) is 7.78. The Balaban J connectivity index is 1.71. The molecule has 0 aliphatic carbocycles. The molecule has 134 valence electrons. The number of hydrogen-bond acceptors (Lipinski definition) is 5. The van der Waals surface area contributed by atoms with E-state index in [9.17, 15) is 4.79 Å². The van der Waals surface area contributed by atoms with Crippen LogP contribution >= 0.6 is 11.6 Å². The molecule has 7 nitrogen and oxygen atoms in total. The molecule has 1 aromatic heterocycles. The van der Waals surface area contributed by atoms with E-state index in [-0.39, 0.29) is 11.6 Å². The Bertz CT molecular complexity index is 904. The molecular weight excluding hydrogens is 356 g/mol. The van der Waals surface area contributed by atoms with Crippen molar-refractivity contribution in [1.29, 1.82) is 0 Å². The van der Waals surface area contributed by atoms with Crippen LogP contribution in [0.4, 0.5) is 0 Å². The van der Waals surface area contributed by atoms with Crippen LogP contribution in [-0.4, -0.2) is 35.1 Å². The average Bonchev–Trinajstić information content (AvgIpc) is 3.16. The zero-order chi connectivity index (χ0) is 18.5. The molecule has 1 amide bonds. The molecular formula is C18H17ClN4O3. The summed E-state index contributed by atoms with van der Waals surface area (Å²) in [6, 6.07) is 12.6. The van der Waals surface area contributed by atoms with Gasteiger partial charge in [0, 0.05) is 12.6 Å². The summed E-state index contributed by atoms with van der Waals surface area (Å²) >= 11 is 6.13. The van der Waals surface area contributed by atoms with Crippen molar-refractivity contribution in [1.82, 2.24) is 20.3 Å². The lowest BCUT2D eigenvalue weighted by Gasteiger charge is -2.09. The number of halogens is 1. The molecule has 2 aromatic carbocycles. The topological polar surface area (TPSA) is 78.3 Å². The fourth-order valence-electron chi connectivity index (χ4n) is 2.36. The van der Waals surface area contributed by atoms with Crippen molar-refractivity contribution < 1.29 is 14.3 Å². The Kier molecular flexibility index (Phi) is 5.38.